The molecule has 2 aromatic rings. The first kappa shape index (κ1) is 14.9. The molecule has 0 spiro atoms. The van der Waals surface area contributed by atoms with Crippen LogP contribution in [0.4, 0.5) is 0 Å². The summed E-state index contributed by atoms with van der Waals surface area (Å²) in [5.41, 5.74) is -0.334. The normalized spacial score (nSPS) is 12.7. The summed E-state index contributed by atoms with van der Waals surface area (Å²) in [6, 6.07) is 7.02. The third kappa shape index (κ3) is 3.33. The fraction of sp³-hybridized carbons (Fsp3) is 0.429. The Morgan fingerprint density at radius 3 is 2.85 bits per heavy atom. The molecule has 0 saturated heterocycles. The number of aliphatic hydroxyl groups is 1. The molecule has 0 amide bonds. The highest BCUT2D eigenvalue weighted by Crippen LogP contribution is 2.10. The molecule has 108 valence electrons. The zero-order valence-electron chi connectivity index (χ0n) is 11.3. The molecule has 1 atom stereocenters. The average molecular weight is 294 g/mol. The highest BCUT2D eigenvalue weighted by Gasteiger charge is 2.11. The van der Waals surface area contributed by atoms with Gasteiger partial charge in [0.25, 0.3) is 5.56 Å². The summed E-state index contributed by atoms with van der Waals surface area (Å²) in [6.07, 6.45) is 0.220. The number of benzene rings is 1. The van der Waals surface area contributed by atoms with Gasteiger partial charge in [0, 0.05) is 11.2 Å². The molecule has 5 nitrogen and oxygen atoms in total. The lowest BCUT2D eigenvalue weighted by Gasteiger charge is -2.12. The van der Waals surface area contributed by atoms with E-state index in [0.29, 0.717) is 16.6 Å². The van der Waals surface area contributed by atoms with Crippen LogP contribution in [-0.2, 0) is 6.54 Å². The zero-order chi connectivity index (χ0) is 14.5. The molecule has 0 radical (unpaired) electrons. The maximum atomic E-state index is 12.3. The SMILES string of the molecule is CCCNCC(O)Cn1c(=O)sc2ccccc2c1=O. The first-order valence-corrected chi connectivity index (χ1v) is 7.46. The van der Waals surface area contributed by atoms with Crippen LogP contribution in [0.2, 0.25) is 0 Å². The number of fused-ring (bicyclic) bond motifs is 1. The molecule has 0 saturated carbocycles. The highest BCUT2D eigenvalue weighted by molar-refractivity contribution is 7.16. The van der Waals surface area contributed by atoms with Crippen LogP contribution in [0.5, 0.6) is 0 Å². The van der Waals surface area contributed by atoms with Crippen molar-refractivity contribution in [2.24, 2.45) is 0 Å². The Morgan fingerprint density at radius 1 is 1.35 bits per heavy atom. The van der Waals surface area contributed by atoms with Gasteiger partial charge in [-0.2, -0.15) is 0 Å². The maximum Gasteiger partial charge on any atom is 0.310 e. The largest absolute Gasteiger partial charge is 0.390 e. The van der Waals surface area contributed by atoms with Crippen molar-refractivity contribution in [1.82, 2.24) is 9.88 Å². The van der Waals surface area contributed by atoms with Crippen LogP contribution in [0.15, 0.2) is 33.9 Å². The third-order valence-corrected chi connectivity index (χ3v) is 3.95. The van der Waals surface area contributed by atoms with E-state index < -0.39 is 6.10 Å². The molecule has 2 N–H and O–H groups in total. The van der Waals surface area contributed by atoms with Crippen molar-refractivity contribution in [3.05, 3.63) is 44.3 Å². The number of rotatable bonds is 6. The predicted molar refractivity (Wildman–Crippen MR) is 81.5 cm³/mol. The van der Waals surface area contributed by atoms with Crippen molar-refractivity contribution in [1.29, 1.82) is 0 Å². The second kappa shape index (κ2) is 6.78. The monoisotopic (exact) mass is 294 g/mol. The van der Waals surface area contributed by atoms with Crippen LogP contribution in [0, 0.1) is 0 Å². The van der Waals surface area contributed by atoms with E-state index in [1.54, 1.807) is 24.3 Å². The fourth-order valence-electron chi connectivity index (χ4n) is 1.99. The molecule has 0 aliphatic heterocycles. The van der Waals surface area contributed by atoms with E-state index in [1.165, 1.54) is 0 Å². The van der Waals surface area contributed by atoms with Crippen LogP contribution in [0.25, 0.3) is 10.1 Å². The van der Waals surface area contributed by atoms with Crippen LogP contribution in [0.3, 0.4) is 0 Å². The molecule has 0 fully saturated rings. The summed E-state index contributed by atoms with van der Waals surface area (Å²) in [4.78, 5) is 23.9. The van der Waals surface area contributed by atoms with Crippen molar-refractivity contribution in [2.75, 3.05) is 13.1 Å². The quantitative estimate of drug-likeness (QED) is 0.773. The number of aliphatic hydroxyl groups excluding tert-OH is 1. The molecule has 1 heterocycles. The molecule has 1 aromatic heterocycles. The topological polar surface area (TPSA) is 71.3 Å². The molecular formula is C14H18N2O3S. The molecule has 1 aromatic carbocycles. The number of nitrogens with zero attached hydrogens (tertiary/aromatic N) is 1. The number of aromatic nitrogens is 1. The van der Waals surface area contributed by atoms with Gasteiger partial charge in [-0.25, -0.2) is 0 Å². The Labute approximate surface area is 120 Å². The van der Waals surface area contributed by atoms with E-state index >= 15 is 0 Å². The fourth-order valence-corrected chi connectivity index (χ4v) is 2.86. The molecule has 6 heteroatoms. The van der Waals surface area contributed by atoms with E-state index in [-0.39, 0.29) is 17.0 Å². The first-order chi connectivity index (χ1) is 9.63. The second-order valence-electron chi connectivity index (χ2n) is 4.64. The van der Waals surface area contributed by atoms with Crippen molar-refractivity contribution >= 4 is 21.4 Å². The smallest absolute Gasteiger partial charge is 0.310 e. The van der Waals surface area contributed by atoms with Crippen LogP contribution >= 0.6 is 11.3 Å². The van der Waals surface area contributed by atoms with E-state index in [1.807, 2.05) is 6.92 Å². The minimum absolute atomic E-state index is 0.0235. The number of nitrogens with one attached hydrogen (secondary N) is 1. The first-order valence-electron chi connectivity index (χ1n) is 6.65. The van der Waals surface area contributed by atoms with Gasteiger partial charge in [-0.1, -0.05) is 30.4 Å². The van der Waals surface area contributed by atoms with E-state index in [4.69, 9.17) is 0 Å². The van der Waals surface area contributed by atoms with Gasteiger partial charge < -0.3 is 10.4 Å². The van der Waals surface area contributed by atoms with Crippen molar-refractivity contribution in [3.8, 4) is 0 Å². The summed E-state index contributed by atoms with van der Waals surface area (Å²) in [5.74, 6) is 0. The molecule has 1 unspecified atom stereocenters. The lowest BCUT2D eigenvalue weighted by atomic mass is 10.3. The summed E-state index contributed by atoms with van der Waals surface area (Å²) >= 11 is 1.03. The molecule has 20 heavy (non-hydrogen) atoms. The standard InChI is InChI=1S/C14H18N2O3S/c1-2-7-15-8-10(17)9-16-13(18)11-5-3-4-6-12(11)20-14(16)19/h3-6,10,15,17H,2,7-9H2,1H3. The van der Waals surface area contributed by atoms with Gasteiger partial charge in [0.2, 0.25) is 0 Å². The Kier molecular flexibility index (Phi) is 5.05. The van der Waals surface area contributed by atoms with Gasteiger partial charge in [-0.15, -0.1) is 0 Å². The van der Waals surface area contributed by atoms with Crippen LogP contribution in [-0.4, -0.2) is 28.9 Å². The summed E-state index contributed by atoms with van der Waals surface area (Å²) < 4.78 is 1.79. The Balaban J connectivity index is 2.26. The molecular weight excluding hydrogens is 276 g/mol. The number of hydrogen-bond donors (Lipinski definition) is 2. The lowest BCUT2D eigenvalue weighted by Crippen LogP contribution is -2.39. The summed E-state index contributed by atoms with van der Waals surface area (Å²) in [5, 5.41) is 13.5. The summed E-state index contributed by atoms with van der Waals surface area (Å²) in [7, 11) is 0. The second-order valence-corrected chi connectivity index (χ2v) is 5.63. The van der Waals surface area contributed by atoms with Gasteiger partial charge in [0.15, 0.2) is 0 Å². The van der Waals surface area contributed by atoms with Gasteiger partial charge in [0.1, 0.15) is 0 Å². The van der Waals surface area contributed by atoms with E-state index in [9.17, 15) is 14.7 Å². The Hall–Kier alpha value is -1.50. The molecule has 0 bridgehead atoms. The van der Waals surface area contributed by atoms with Crippen LogP contribution < -0.4 is 15.7 Å². The van der Waals surface area contributed by atoms with Crippen LogP contribution in [0.1, 0.15) is 13.3 Å². The van der Waals surface area contributed by atoms with Gasteiger partial charge in [-0.05, 0) is 25.1 Å². The minimum Gasteiger partial charge on any atom is -0.390 e. The molecule has 0 aliphatic carbocycles. The maximum absolute atomic E-state index is 12.3. The average Bonchev–Trinajstić information content (AvgIpc) is 2.44. The third-order valence-electron chi connectivity index (χ3n) is 2.98. The molecule has 0 aliphatic rings. The molecule has 2 rings (SSSR count). The zero-order valence-corrected chi connectivity index (χ0v) is 12.2. The van der Waals surface area contributed by atoms with Gasteiger partial charge in [-0.3, -0.25) is 14.2 Å². The van der Waals surface area contributed by atoms with Gasteiger partial charge >= 0.3 is 4.87 Å². The Bertz CT molecular complexity index is 693. The minimum atomic E-state index is -0.750. The predicted octanol–water partition coefficient (Wildman–Crippen LogP) is 0.784. The lowest BCUT2D eigenvalue weighted by molar-refractivity contribution is 0.150. The Morgan fingerprint density at radius 2 is 2.10 bits per heavy atom. The van der Waals surface area contributed by atoms with Crippen molar-refractivity contribution in [2.45, 2.75) is 26.0 Å². The van der Waals surface area contributed by atoms with Crippen molar-refractivity contribution < 1.29 is 5.11 Å². The highest BCUT2D eigenvalue weighted by atomic mass is 32.1. The number of hydrogen-bond acceptors (Lipinski definition) is 5. The van der Waals surface area contributed by atoms with Gasteiger partial charge in [0.05, 0.1) is 18.0 Å². The van der Waals surface area contributed by atoms with E-state index in [0.717, 1.165) is 28.9 Å². The van der Waals surface area contributed by atoms with Crippen molar-refractivity contribution in [3.63, 3.8) is 0 Å². The summed E-state index contributed by atoms with van der Waals surface area (Å²) in [6.45, 7) is 3.23. The van der Waals surface area contributed by atoms with E-state index in [2.05, 4.69) is 5.32 Å².